The lowest BCUT2D eigenvalue weighted by atomic mass is 9.84. The van der Waals surface area contributed by atoms with Crippen LogP contribution < -0.4 is 11.1 Å². The number of carbonyl (C=O) groups excluding carboxylic acids is 3. The normalized spacial score (nSPS) is 25.2. The molecule has 2 aliphatic rings. The summed E-state index contributed by atoms with van der Waals surface area (Å²) >= 11 is 0. The number of rotatable bonds is 8. The number of nitrogens with two attached hydrogens (primary N) is 1. The van der Waals surface area contributed by atoms with E-state index < -0.39 is 6.04 Å². The highest BCUT2D eigenvalue weighted by molar-refractivity contribution is 5.94. The molecule has 0 aliphatic carbocycles. The first-order chi connectivity index (χ1) is 11.3. The van der Waals surface area contributed by atoms with Crippen molar-refractivity contribution in [2.75, 3.05) is 26.2 Å². The van der Waals surface area contributed by atoms with Gasteiger partial charge in [-0.05, 0) is 37.8 Å². The second-order valence-corrected chi connectivity index (χ2v) is 7.53. The number of Topliss-reactive ketones (excluding diaryl/α,β-unsaturated/α-hetero) is 1. The van der Waals surface area contributed by atoms with Crippen molar-refractivity contribution in [2.45, 2.75) is 51.7 Å². The summed E-state index contributed by atoms with van der Waals surface area (Å²) in [5.41, 5.74) is 4.83. The van der Waals surface area contributed by atoms with Crippen molar-refractivity contribution in [2.24, 2.45) is 11.1 Å². The Bertz CT molecular complexity index is 486. The molecule has 7 heteroatoms. The molecule has 2 heterocycles. The zero-order valence-electron chi connectivity index (χ0n) is 14.5. The molecule has 2 atom stereocenters. The van der Waals surface area contributed by atoms with E-state index >= 15 is 0 Å². The number of amides is 2. The van der Waals surface area contributed by atoms with Crippen LogP contribution in [0.25, 0.3) is 0 Å². The van der Waals surface area contributed by atoms with Gasteiger partial charge in [0.2, 0.25) is 11.8 Å². The van der Waals surface area contributed by atoms with Crippen molar-refractivity contribution >= 4 is 17.6 Å². The van der Waals surface area contributed by atoms with Crippen LogP contribution in [0.3, 0.4) is 0 Å². The number of likely N-dealkylation sites (tertiary alicyclic amines) is 1. The molecule has 1 radical (unpaired) electrons. The molecule has 2 fully saturated rings. The zero-order valence-corrected chi connectivity index (χ0v) is 14.5. The molecule has 3 N–H and O–H groups in total. The predicted octanol–water partition coefficient (Wildman–Crippen LogP) is 0.0309. The fourth-order valence-corrected chi connectivity index (χ4v) is 3.26. The number of nitrogens with one attached hydrogen (secondary N) is 1. The minimum atomic E-state index is -0.589. The molecule has 0 aromatic carbocycles. The summed E-state index contributed by atoms with van der Waals surface area (Å²) < 4.78 is 5.56. The number of ether oxygens (including phenoxy) is 1. The van der Waals surface area contributed by atoms with Gasteiger partial charge in [-0.2, -0.15) is 0 Å². The minimum Gasteiger partial charge on any atom is -0.370 e. The van der Waals surface area contributed by atoms with Gasteiger partial charge in [-0.3, -0.25) is 14.4 Å². The molecule has 7 nitrogen and oxygen atoms in total. The van der Waals surface area contributed by atoms with E-state index in [9.17, 15) is 14.4 Å². The highest BCUT2D eigenvalue weighted by Gasteiger charge is 2.38. The lowest BCUT2D eigenvalue weighted by molar-refractivity contribution is -0.124. The largest absolute Gasteiger partial charge is 0.370 e. The van der Waals surface area contributed by atoms with Crippen LogP contribution >= 0.6 is 0 Å². The molecule has 2 amide bonds. The summed E-state index contributed by atoms with van der Waals surface area (Å²) in [6.45, 7) is 6.51. The highest BCUT2D eigenvalue weighted by Crippen LogP contribution is 2.26. The molecule has 135 valence electrons. The minimum absolute atomic E-state index is 0.0522. The van der Waals surface area contributed by atoms with Crippen LogP contribution in [-0.2, 0) is 19.1 Å². The Morgan fingerprint density at radius 1 is 1.38 bits per heavy atom. The third kappa shape index (κ3) is 5.56. The van der Waals surface area contributed by atoms with E-state index in [1.807, 2.05) is 13.8 Å². The van der Waals surface area contributed by atoms with Crippen molar-refractivity contribution < 1.29 is 19.1 Å². The average Bonchev–Trinajstić information content (AvgIpc) is 3.09. The fraction of sp³-hybridized carbons (Fsp3) is 0.765. The van der Waals surface area contributed by atoms with Gasteiger partial charge in [0.05, 0.1) is 12.5 Å². The van der Waals surface area contributed by atoms with Gasteiger partial charge in [0, 0.05) is 13.0 Å². The van der Waals surface area contributed by atoms with E-state index in [1.54, 1.807) is 0 Å². The van der Waals surface area contributed by atoms with E-state index in [0.29, 0.717) is 13.0 Å². The van der Waals surface area contributed by atoms with Gasteiger partial charge >= 0.3 is 0 Å². The topological polar surface area (TPSA) is 102 Å². The quantitative estimate of drug-likeness (QED) is 0.650. The maximum atomic E-state index is 12.2. The van der Waals surface area contributed by atoms with Crippen LogP contribution in [0, 0.1) is 11.8 Å². The Morgan fingerprint density at radius 3 is 2.67 bits per heavy atom. The van der Waals surface area contributed by atoms with Crippen molar-refractivity contribution in [3.05, 3.63) is 6.42 Å². The molecule has 2 aliphatic heterocycles. The van der Waals surface area contributed by atoms with E-state index in [0.717, 1.165) is 13.1 Å². The summed E-state index contributed by atoms with van der Waals surface area (Å²) in [5, 5.41) is 2.77. The smallest absolute Gasteiger partial charge is 0.224 e. The first kappa shape index (κ1) is 18.9. The zero-order chi connectivity index (χ0) is 17.7. The molecular formula is C17H28N3O4. The third-order valence-electron chi connectivity index (χ3n) is 4.59. The number of hydrogen-bond donors (Lipinski definition) is 2. The van der Waals surface area contributed by atoms with Crippen molar-refractivity contribution in [1.82, 2.24) is 10.2 Å². The van der Waals surface area contributed by atoms with Crippen molar-refractivity contribution in [3.8, 4) is 0 Å². The van der Waals surface area contributed by atoms with Crippen molar-refractivity contribution in [3.63, 3.8) is 0 Å². The van der Waals surface area contributed by atoms with Gasteiger partial charge in [0.15, 0.2) is 5.78 Å². The van der Waals surface area contributed by atoms with Crippen LogP contribution in [0.2, 0.25) is 0 Å². The molecule has 0 saturated carbocycles. The van der Waals surface area contributed by atoms with Gasteiger partial charge in [-0.1, -0.05) is 13.8 Å². The lowest BCUT2D eigenvalue weighted by Gasteiger charge is -2.25. The Morgan fingerprint density at radius 2 is 2.04 bits per heavy atom. The summed E-state index contributed by atoms with van der Waals surface area (Å²) in [6.07, 6.45) is 4.16. The standard InChI is InChI=1S/C17H28N3O4/c1-17(2,9-14(18)22)6-5-15(23)19-16-12(21)11-24-13(16)10-20-7-3-4-8-20/h5,13,16H,3-4,6-11H2,1-2H3,(H2,18,22)(H,19,23)/t13-,16?/m0/s1. The summed E-state index contributed by atoms with van der Waals surface area (Å²) in [4.78, 5) is 37.5. The Hall–Kier alpha value is -1.47. The van der Waals surface area contributed by atoms with Crippen LogP contribution in [0.5, 0.6) is 0 Å². The summed E-state index contributed by atoms with van der Waals surface area (Å²) in [7, 11) is 0. The average molecular weight is 338 g/mol. The summed E-state index contributed by atoms with van der Waals surface area (Å²) in [5.74, 6) is -0.779. The second-order valence-electron chi connectivity index (χ2n) is 7.53. The first-order valence-corrected chi connectivity index (χ1v) is 8.55. The van der Waals surface area contributed by atoms with Crippen molar-refractivity contribution in [1.29, 1.82) is 0 Å². The molecule has 2 saturated heterocycles. The maximum absolute atomic E-state index is 12.2. The number of nitrogens with zero attached hydrogens (tertiary/aromatic N) is 1. The van der Waals surface area contributed by atoms with E-state index in [4.69, 9.17) is 10.5 Å². The molecule has 0 aromatic rings. The van der Waals surface area contributed by atoms with Crippen LogP contribution in [0.4, 0.5) is 0 Å². The third-order valence-corrected chi connectivity index (χ3v) is 4.59. The molecular weight excluding hydrogens is 310 g/mol. The SMILES string of the molecule is CC(C)(C[CH]C(=O)NC1C(=O)CO[C@H]1CN1CCCC1)CC(N)=O. The molecule has 0 aromatic heterocycles. The highest BCUT2D eigenvalue weighted by atomic mass is 16.5. The fourth-order valence-electron chi connectivity index (χ4n) is 3.26. The van der Waals surface area contributed by atoms with Gasteiger partial charge in [-0.15, -0.1) is 0 Å². The van der Waals surface area contributed by atoms with E-state index in [-0.39, 0.29) is 42.1 Å². The molecule has 0 spiro atoms. The van der Waals surface area contributed by atoms with E-state index in [1.165, 1.54) is 19.3 Å². The Balaban J connectivity index is 1.82. The van der Waals surface area contributed by atoms with Crippen LogP contribution in [0.15, 0.2) is 0 Å². The lowest BCUT2D eigenvalue weighted by Crippen LogP contribution is -2.48. The Labute approximate surface area is 143 Å². The number of carbonyl (C=O) groups is 3. The Kier molecular flexibility index (Phi) is 6.34. The molecule has 2 rings (SSSR count). The molecule has 0 bridgehead atoms. The van der Waals surface area contributed by atoms with Crippen LogP contribution in [-0.4, -0.2) is 60.9 Å². The molecule has 24 heavy (non-hydrogen) atoms. The number of ketones is 1. The van der Waals surface area contributed by atoms with Crippen LogP contribution in [0.1, 0.15) is 39.5 Å². The maximum Gasteiger partial charge on any atom is 0.224 e. The molecule has 1 unspecified atom stereocenters. The van der Waals surface area contributed by atoms with Gasteiger partial charge < -0.3 is 20.7 Å². The second kappa shape index (κ2) is 8.07. The predicted molar refractivity (Wildman–Crippen MR) is 88.9 cm³/mol. The number of primary amides is 1. The van der Waals surface area contributed by atoms with E-state index in [2.05, 4.69) is 10.2 Å². The number of hydrogen-bond acceptors (Lipinski definition) is 5. The van der Waals surface area contributed by atoms with Gasteiger partial charge in [0.1, 0.15) is 12.6 Å². The summed E-state index contributed by atoms with van der Waals surface area (Å²) in [6, 6.07) is -0.589. The van der Waals surface area contributed by atoms with Gasteiger partial charge in [0.25, 0.3) is 0 Å². The monoisotopic (exact) mass is 338 g/mol. The van der Waals surface area contributed by atoms with Gasteiger partial charge in [-0.25, -0.2) is 0 Å². The first-order valence-electron chi connectivity index (χ1n) is 8.55.